The van der Waals surface area contributed by atoms with Crippen LogP contribution in [0.15, 0.2) is 36.4 Å². The zero-order chi connectivity index (χ0) is 13.0. The second kappa shape index (κ2) is 6.03. The van der Waals surface area contributed by atoms with E-state index in [2.05, 4.69) is 25.1 Å². The molecule has 0 saturated heterocycles. The van der Waals surface area contributed by atoms with Crippen LogP contribution in [-0.2, 0) is 12.8 Å². The fourth-order valence-electron chi connectivity index (χ4n) is 1.94. The summed E-state index contributed by atoms with van der Waals surface area (Å²) in [7, 11) is 1.69. The molecular weight excluding hydrogens is 242 g/mol. The molecule has 1 unspecified atom stereocenters. The number of aryl methyl sites for hydroxylation is 1. The smallest absolute Gasteiger partial charge is 0.119 e. The van der Waals surface area contributed by atoms with E-state index in [4.69, 9.17) is 10.5 Å². The lowest BCUT2D eigenvalue weighted by molar-refractivity contribution is 0.414. The first-order valence-corrected chi connectivity index (χ1v) is 7.01. The number of rotatable bonds is 5. The minimum absolute atomic E-state index is 0.0717. The maximum absolute atomic E-state index is 6.26. The molecule has 18 heavy (non-hydrogen) atoms. The van der Waals surface area contributed by atoms with Crippen LogP contribution < -0.4 is 10.5 Å². The molecule has 1 aromatic carbocycles. The van der Waals surface area contributed by atoms with Crippen molar-refractivity contribution >= 4 is 11.3 Å². The fraction of sp³-hybridized carbons (Fsp3) is 0.333. The average Bonchev–Trinajstić information content (AvgIpc) is 2.88. The Morgan fingerprint density at radius 3 is 2.78 bits per heavy atom. The summed E-state index contributed by atoms with van der Waals surface area (Å²) >= 11 is 1.81. The van der Waals surface area contributed by atoms with Crippen LogP contribution in [0.5, 0.6) is 5.75 Å². The third-order valence-electron chi connectivity index (χ3n) is 2.99. The number of hydrogen-bond donors (Lipinski definition) is 1. The molecule has 2 N–H and O–H groups in total. The van der Waals surface area contributed by atoms with E-state index in [9.17, 15) is 0 Å². The first kappa shape index (κ1) is 13.1. The van der Waals surface area contributed by atoms with E-state index < -0.39 is 0 Å². The monoisotopic (exact) mass is 261 g/mol. The van der Waals surface area contributed by atoms with Crippen LogP contribution >= 0.6 is 11.3 Å². The molecule has 3 heteroatoms. The van der Waals surface area contributed by atoms with Gasteiger partial charge in [0.15, 0.2) is 0 Å². The van der Waals surface area contributed by atoms with Crippen LogP contribution in [0.3, 0.4) is 0 Å². The van der Waals surface area contributed by atoms with Gasteiger partial charge in [-0.15, -0.1) is 11.3 Å². The molecule has 0 amide bonds. The highest BCUT2D eigenvalue weighted by atomic mass is 32.1. The van der Waals surface area contributed by atoms with Gasteiger partial charge in [-0.2, -0.15) is 0 Å². The Morgan fingerprint density at radius 1 is 1.28 bits per heavy atom. The first-order valence-electron chi connectivity index (χ1n) is 6.20. The Kier molecular flexibility index (Phi) is 4.39. The lowest BCUT2D eigenvalue weighted by Gasteiger charge is -2.10. The van der Waals surface area contributed by atoms with Crippen molar-refractivity contribution in [1.29, 1.82) is 0 Å². The molecule has 2 aromatic rings. The molecule has 0 aliphatic carbocycles. The van der Waals surface area contributed by atoms with Crippen LogP contribution in [0.2, 0.25) is 0 Å². The van der Waals surface area contributed by atoms with Crippen LogP contribution in [0, 0.1) is 0 Å². The van der Waals surface area contributed by atoms with E-state index in [1.54, 1.807) is 7.11 Å². The van der Waals surface area contributed by atoms with E-state index >= 15 is 0 Å². The molecule has 1 atom stereocenters. The lowest BCUT2D eigenvalue weighted by atomic mass is 10.1. The van der Waals surface area contributed by atoms with Crippen molar-refractivity contribution in [2.75, 3.05) is 7.11 Å². The van der Waals surface area contributed by atoms with Gasteiger partial charge in [-0.05, 0) is 42.7 Å². The van der Waals surface area contributed by atoms with Crippen LogP contribution in [0.1, 0.15) is 28.3 Å². The van der Waals surface area contributed by atoms with Crippen molar-refractivity contribution in [3.05, 3.63) is 51.7 Å². The fourth-order valence-corrected chi connectivity index (χ4v) is 2.89. The molecule has 1 aromatic heterocycles. The van der Waals surface area contributed by atoms with Gasteiger partial charge in [-0.3, -0.25) is 0 Å². The summed E-state index contributed by atoms with van der Waals surface area (Å²) in [6.45, 7) is 2.17. The largest absolute Gasteiger partial charge is 0.497 e. The highest BCUT2D eigenvalue weighted by Gasteiger charge is 2.10. The summed E-state index contributed by atoms with van der Waals surface area (Å²) in [5, 5.41) is 0. The number of hydrogen-bond acceptors (Lipinski definition) is 3. The van der Waals surface area contributed by atoms with Crippen molar-refractivity contribution in [3.63, 3.8) is 0 Å². The highest BCUT2D eigenvalue weighted by Crippen LogP contribution is 2.25. The molecule has 0 aliphatic rings. The predicted octanol–water partition coefficient (Wildman–Crippen LogP) is 3.56. The van der Waals surface area contributed by atoms with Crippen molar-refractivity contribution in [2.24, 2.45) is 5.73 Å². The number of thiophene rings is 1. The maximum Gasteiger partial charge on any atom is 0.119 e. The highest BCUT2D eigenvalue weighted by molar-refractivity contribution is 7.12. The van der Waals surface area contributed by atoms with E-state index in [1.807, 2.05) is 29.5 Å². The number of methoxy groups -OCH3 is 1. The number of ether oxygens (including phenoxy) is 1. The van der Waals surface area contributed by atoms with Gasteiger partial charge in [0.2, 0.25) is 0 Å². The molecule has 2 nitrogen and oxygen atoms in total. The zero-order valence-corrected chi connectivity index (χ0v) is 11.7. The molecule has 0 aliphatic heterocycles. The molecule has 0 saturated carbocycles. The maximum atomic E-state index is 6.26. The van der Waals surface area contributed by atoms with Crippen LogP contribution in [-0.4, -0.2) is 7.11 Å². The van der Waals surface area contributed by atoms with Gasteiger partial charge in [0.25, 0.3) is 0 Å². The second-order valence-corrected chi connectivity index (χ2v) is 5.52. The molecule has 1 heterocycles. The molecule has 0 bridgehead atoms. The van der Waals surface area contributed by atoms with E-state index in [1.165, 1.54) is 15.3 Å². The minimum atomic E-state index is 0.0717. The van der Waals surface area contributed by atoms with E-state index in [0.29, 0.717) is 0 Å². The van der Waals surface area contributed by atoms with Crippen molar-refractivity contribution < 1.29 is 4.74 Å². The third kappa shape index (κ3) is 3.12. The normalized spacial score (nSPS) is 12.4. The van der Waals surface area contributed by atoms with Gasteiger partial charge < -0.3 is 10.5 Å². The predicted molar refractivity (Wildman–Crippen MR) is 77.3 cm³/mol. The molecule has 0 fully saturated rings. The number of nitrogens with two attached hydrogens (primary N) is 1. The molecule has 2 rings (SSSR count). The van der Waals surface area contributed by atoms with Crippen molar-refractivity contribution in [1.82, 2.24) is 0 Å². The zero-order valence-electron chi connectivity index (χ0n) is 10.8. The summed E-state index contributed by atoms with van der Waals surface area (Å²) in [6.07, 6.45) is 1.93. The number of benzene rings is 1. The SMILES string of the molecule is CCc1ccc(C(N)Cc2cccc(OC)c2)s1. The molecule has 0 spiro atoms. The van der Waals surface area contributed by atoms with E-state index in [-0.39, 0.29) is 6.04 Å². The van der Waals surface area contributed by atoms with Gasteiger partial charge in [0, 0.05) is 15.8 Å². The topological polar surface area (TPSA) is 35.2 Å². The van der Waals surface area contributed by atoms with Gasteiger partial charge in [0.1, 0.15) is 5.75 Å². The molecule has 96 valence electrons. The van der Waals surface area contributed by atoms with Gasteiger partial charge in [0.05, 0.1) is 7.11 Å². The summed E-state index contributed by atoms with van der Waals surface area (Å²) in [5.74, 6) is 0.889. The summed E-state index contributed by atoms with van der Waals surface area (Å²) in [4.78, 5) is 2.65. The Bertz CT molecular complexity index is 507. The third-order valence-corrected chi connectivity index (χ3v) is 4.35. The Morgan fingerprint density at radius 2 is 2.11 bits per heavy atom. The lowest BCUT2D eigenvalue weighted by Crippen LogP contribution is -2.11. The van der Waals surface area contributed by atoms with Crippen molar-refractivity contribution in [2.45, 2.75) is 25.8 Å². The van der Waals surface area contributed by atoms with Crippen LogP contribution in [0.25, 0.3) is 0 Å². The van der Waals surface area contributed by atoms with Crippen molar-refractivity contribution in [3.8, 4) is 5.75 Å². The minimum Gasteiger partial charge on any atom is -0.497 e. The Labute approximate surface area is 112 Å². The summed E-state index contributed by atoms with van der Waals surface area (Å²) < 4.78 is 5.23. The van der Waals surface area contributed by atoms with Gasteiger partial charge >= 0.3 is 0 Å². The van der Waals surface area contributed by atoms with Gasteiger partial charge in [-0.25, -0.2) is 0 Å². The van der Waals surface area contributed by atoms with Gasteiger partial charge in [-0.1, -0.05) is 19.1 Å². The molecule has 0 radical (unpaired) electrons. The Balaban J connectivity index is 2.08. The molecular formula is C15H19NOS. The summed E-state index contributed by atoms with van der Waals surface area (Å²) in [6, 6.07) is 12.5. The second-order valence-electron chi connectivity index (χ2n) is 4.32. The average molecular weight is 261 g/mol. The first-order chi connectivity index (χ1) is 8.72. The van der Waals surface area contributed by atoms with E-state index in [0.717, 1.165) is 18.6 Å². The Hall–Kier alpha value is -1.32. The van der Waals surface area contributed by atoms with Crippen LogP contribution in [0.4, 0.5) is 0 Å². The quantitative estimate of drug-likeness (QED) is 0.893. The summed E-state index contributed by atoms with van der Waals surface area (Å²) in [5.41, 5.74) is 7.47. The standard InChI is InChI=1S/C15H19NOS/c1-3-13-7-8-15(18-13)14(16)10-11-5-4-6-12(9-11)17-2/h4-9,14H,3,10,16H2,1-2H3.